The van der Waals surface area contributed by atoms with Crippen LogP contribution in [0.4, 0.5) is 0 Å². The zero-order valence-electron chi connectivity index (χ0n) is 57.7. The van der Waals surface area contributed by atoms with Crippen molar-refractivity contribution >= 4 is 116 Å². The lowest BCUT2D eigenvalue weighted by Crippen LogP contribution is -2.23. The van der Waals surface area contributed by atoms with Gasteiger partial charge < -0.3 is 18.9 Å². The van der Waals surface area contributed by atoms with Crippen LogP contribution in [0.1, 0.15) is 74.8 Å². The number of aryl methyl sites for hydroxylation is 6. The Morgan fingerprint density at radius 1 is 0.270 bits per heavy atom. The smallest absolute Gasteiger partial charge is 0.209 e. The molecule has 0 heterocycles. The molecule has 0 aliphatic heterocycles. The monoisotopic (exact) mass is 1430 g/mol. The summed E-state index contributed by atoms with van der Waals surface area (Å²) < 4.78 is 21.8. The van der Waals surface area contributed by atoms with Gasteiger partial charge in [0, 0.05) is 27.0 Å². The Hall–Kier alpha value is -9.32. The molecule has 0 spiro atoms. The van der Waals surface area contributed by atoms with Gasteiger partial charge in [-0.25, -0.2) is 0 Å². The molecule has 0 aliphatic rings. The molecule has 0 aromatic heterocycles. The largest absolute Gasteiger partial charge is 0.496 e. The average Bonchev–Trinajstić information content (AvgIpc) is 0.768. The highest BCUT2D eigenvalue weighted by Gasteiger charge is 2.37. The van der Waals surface area contributed by atoms with E-state index in [0.29, 0.717) is 34.1 Å². The average molecular weight is 1430 g/mol. The third-order valence-corrected chi connectivity index (χ3v) is 30.3. The van der Waals surface area contributed by atoms with Crippen molar-refractivity contribution in [3.63, 3.8) is 0 Å². The van der Waals surface area contributed by atoms with E-state index in [1.54, 1.807) is 58.8 Å². The van der Waals surface area contributed by atoms with Gasteiger partial charge in [-0.15, -0.1) is 0 Å². The molecule has 0 aliphatic carbocycles. The fraction of sp³-hybridized carbons (Fsp3) is 0.116. The molecule has 0 amide bonds. The van der Waals surface area contributed by atoms with E-state index in [2.05, 4.69) is 62.4 Å². The molecule has 12 aromatic carbocycles. The van der Waals surface area contributed by atoms with E-state index >= 15 is 0 Å². The van der Waals surface area contributed by atoms with Crippen LogP contribution in [0.3, 0.4) is 0 Å². The fourth-order valence-corrected chi connectivity index (χ4v) is 23.6. The summed E-state index contributed by atoms with van der Waals surface area (Å²) in [5.41, 5.74) is 9.24. The Kier molecular flexibility index (Phi) is 26.7. The summed E-state index contributed by atoms with van der Waals surface area (Å²) in [6.45, 7) is 12.2. The molecule has 504 valence electrons. The minimum Gasteiger partial charge on any atom is -0.496 e. The Bertz CT molecular complexity index is 4600. The highest BCUT2D eigenvalue weighted by molar-refractivity contribution is 8.30. The second-order valence-electron chi connectivity index (χ2n) is 23.4. The van der Waals surface area contributed by atoms with Gasteiger partial charge in [0.2, 0.25) is 16.6 Å². The molecular weight excluding hydrogens is 1350 g/mol. The number of hydrogen-bond donors (Lipinski definition) is 0. The molecule has 0 saturated carbocycles. The van der Waals surface area contributed by atoms with Gasteiger partial charge in [-0.3, -0.25) is 19.2 Å². The molecule has 8 nitrogen and oxygen atoms in total. The van der Waals surface area contributed by atoms with Crippen LogP contribution in [0.15, 0.2) is 303 Å². The molecule has 100 heavy (non-hydrogen) atoms. The van der Waals surface area contributed by atoms with Crippen LogP contribution < -0.4 is 61.4 Å². The van der Waals surface area contributed by atoms with E-state index in [9.17, 15) is 19.2 Å². The highest BCUT2D eigenvalue weighted by atomic mass is 32.4. The normalized spacial score (nSPS) is 10.9. The van der Waals surface area contributed by atoms with Gasteiger partial charge in [0.1, 0.15) is 34.1 Å². The lowest BCUT2D eigenvalue weighted by atomic mass is 10.0. The Labute approximate surface area is 602 Å². The Morgan fingerprint density at radius 3 is 0.730 bits per heavy atom. The predicted octanol–water partition coefficient (Wildman–Crippen LogP) is 17.7. The van der Waals surface area contributed by atoms with Crippen LogP contribution >= 0.6 is 27.9 Å². The molecule has 0 radical (unpaired) electrons. The highest BCUT2D eigenvalue weighted by Crippen LogP contribution is 2.52. The summed E-state index contributed by atoms with van der Waals surface area (Å²) >= 11 is 12.3. The minimum absolute atomic E-state index is 0.0155. The standard InChI is InChI=1S/C22H21OPS.C22H21OP.C21H19O3PS.C21H19O3P/c1-16-14-17(2)21(18(3)15-16)22(23)24(25,19-10-6-4-7-11-19)20-12-8-5-9-13-20;1-16-14-17(2)21(18(3)15-16)22(23)24(19-10-6-4-7-11-19)20-12-8-5-9-13-20;1-23-18-14-9-15-19(24-2)20(18)21(22)25(26,16-10-5-3-6-11-16)17-12-7-4-8-13-17;1-23-18-14-9-15-19(24-2)20(18)21(22)25(16-10-5-3-6-11-16)17-12-7-4-8-13-17/h4-15H,1-3H3;4-15H,1-3H3;3-15H,1-2H3;3-15H,1-2H3. The van der Waals surface area contributed by atoms with Crippen molar-refractivity contribution in [2.45, 2.75) is 41.5 Å². The van der Waals surface area contributed by atoms with E-state index in [4.69, 9.17) is 42.6 Å². The van der Waals surface area contributed by atoms with E-state index in [1.165, 1.54) is 11.1 Å². The van der Waals surface area contributed by atoms with E-state index < -0.39 is 27.9 Å². The topological polar surface area (TPSA) is 105 Å². The molecule has 0 atom stereocenters. The number of carbonyl (C=O) groups excluding carboxylic acids is 4. The maximum absolute atomic E-state index is 13.8. The lowest BCUT2D eigenvalue weighted by Gasteiger charge is -2.24. The number of benzene rings is 12. The van der Waals surface area contributed by atoms with Crippen molar-refractivity contribution in [2.75, 3.05) is 28.4 Å². The van der Waals surface area contributed by atoms with Gasteiger partial charge in [0.05, 0.1) is 40.5 Å². The predicted molar refractivity (Wildman–Crippen MR) is 429 cm³/mol. The van der Waals surface area contributed by atoms with Crippen LogP contribution in [0.5, 0.6) is 23.0 Å². The second-order valence-corrected chi connectivity index (χ2v) is 36.2. The molecule has 12 rings (SSSR count). The molecule has 0 unspecified atom stereocenters. The minimum atomic E-state index is -2.78. The summed E-state index contributed by atoms with van der Waals surface area (Å²) in [4.78, 5) is 54.7. The molecule has 0 N–H and O–H groups in total. The molecule has 0 bridgehead atoms. The van der Waals surface area contributed by atoms with Crippen molar-refractivity contribution in [1.82, 2.24) is 0 Å². The van der Waals surface area contributed by atoms with Crippen molar-refractivity contribution < 1.29 is 38.1 Å². The zero-order valence-corrected chi connectivity index (χ0v) is 62.9. The van der Waals surface area contributed by atoms with E-state index in [1.807, 2.05) is 252 Å². The van der Waals surface area contributed by atoms with E-state index in [0.717, 1.165) is 75.8 Å². The molecule has 12 aromatic rings. The first-order chi connectivity index (χ1) is 48.4. The number of ether oxygens (including phenoxy) is 4. The maximum atomic E-state index is 13.8. The molecule has 0 fully saturated rings. The van der Waals surface area contributed by atoms with Gasteiger partial charge in [-0.1, -0.05) is 314 Å². The number of methoxy groups -OCH3 is 4. The van der Waals surface area contributed by atoms with Crippen LogP contribution in [0.2, 0.25) is 0 Å². The van der Waals surface area contributed by atoms with E-state index in [-0.39, 0.29) is 22.1 Å². The van der Waals surface area contributed by atoms with Crippen LogP contribution in [-0.2, 0) is 23.6 Å². The third-order valence-electron chi connectivity index (χ3n) is 16.6. The summed E-state index contributed by atoms with van der Waals surface area (Å²) in [6.07, 6.45) is 0. The summed E-state index contributed by atoms with van der Waals surface area (Å²) in [5.74, 6) is 2.00. The van der Waals surface area contributed by atoms with Crippen molar-refractivity contribution in [2.24, 2.45) is 0 Å². The quantitative estimate of drug-likeness (QED) is 0.0685. The second kappa shape index (κ2) is 35.6. The van der Waals surface area contributed by atoms with Crippen molar-refractivity contribution in [1.29, 1.82) is 0 Å². The van der Waals surface area contributed by atoms with Crippen LogP contribution in [-0.4, -0.2) is 50.5 Å². The third kappa shape index (κ3) is 17.3. The van der Waals surface area contributed by atoms with Crippen molar-refractivity contribution in [3.8, 4) is 23.0 Å². The summed E-state index contributed by atoms with van der Waals surface area (Å²) in [5, 5.41) is 7.79. The fourth-order valence-electron chi connectivity index (χ4n) is 12.1. The number of hydrogen-bond acceptors (Lipinski definition) is 10. The molecular formula is C86H80O8P4S2. The Morgan fingerprint density at radius 2 is 0.480 bits per heavy atom. The van der Waals surface area contributed by atoms with Crippen LogP contribution in [0.25, 0.3) is 0 Å². The zero-order chi connectivity index (χ0) is 71.3. The SMILES string of the molecule is COc1cccc(OC)c1C(=O)P(=S)(c1ccccc1)c1ccccc1.COc1cccc(OC)c1C(=O)P(c1ccccc1)c1ccccc1.Cc1cc(C)c(C(=O)P(=S)(c2ccccc2)c2ccccc2)c(C)c1.Cc1cc(C)c(C(=O)P(c2ccccc2)c2ccccc2)c(C)c1. The van der Waals surface area contributed by atoms with Gasteiger partial charge in [0.25, 0.3) is 0 Å². The van der Waals surface area contributed by atoms with Crippen LogP contribution in [0, 0.1) is 41.5 Å². The number of carbonyl (C=O) groups is 4. The van der Waals surface area contributed by atoms with Crippen molar-refractivity contribution in [3.05, 3.63) is 359 Å². The lowest BCUT2D eigenvalue weighted by molar-refractivity contribution is 0.107. The number of rotatable bonds is 20. The van der Waals surface area contributed by atoms with Gasteiger partial charge in [0.15, 0.2) is 5.52 Å². The first-order valence-electron chi connectivity index (χ1n) is 32.4. The Balaban J connectivity index is 0.000000156. The van der Waals surface area contributed by atoms with Gasteiger partial charge in [-0.05, 0) is 130 Å². The first-order valence-corrected chi connectivity index (χ1v) is 40.7. The summed E-state index contributed by atoms with van der Waals surface area (Å²) in [7, 11) is 3.92. The van der Waals surface area contributed by atoms with Gasteiger partial charge in [-0.2, -0.15) is 0 Å². The van der Waals surface area contributed by atoms with Gasteiger partial charge >= 0.3 is 0 Å². The first kappa shape index (κ1) is 74.9. The maximum Gasteiger partial charge on any atom is 0.209 e. The summed E-state index contributed by atoms with van der Waals surface area (Å²) in [6, 6.07) is 92.6. The molecule has 14 heteroatoms. The molecule has 0 saturated heterocycles.